The van der Waals surface area contributed by atoms with Gasteiger partial charge in [-0.15, -0.1) is 0 Å². The van der Waals surface area contributed by atoms with Crippen LogP contribution in [0, 0.1) is 17.3 Å². The molecule has 26 heavy (non-hydrogen) atoms. The van der Waals surface area contributed by atoms with E-state index in [9.17, 15) is 4.79 Å². The average Bonchev–Trinajstić information content (AvgIpc) is 3.09. The van der Waals surface area contributed by atoms with E-state index in [1.54, 1.807) is 6.26 Å². The van der Waals surface area contributed by atoms with Gasteiger partial charge in [-0.25, -0.2) is 4.79 Å². The molecule has 2 aliphatic rings. The second kappa shape index (κ2) is 7.59. The summed E-state index contributed by atoms with van der Waals surface area (Å²) in [5, 5.41) is 0. The largest absolute Gasteiger partial charge is 0.472 e. The van der Waals surface area contributed by atoms with Gasteiger partial charge in [-0.3, -0.25) is 0 Å². The van der Waals surface area contributed by atoms with Crippen molar-refractivity contribution in [3.8, 4) is 0 Å². The summed E-state index contributed by atoms with van der Waals surface area (Å²) in [6.07, 6.45) is 12.6. The predicted octanol–water partition coefficient (Wildman–Crippen LogP) is 4.93. The van der Waals surface area contributed by atoms with E-state index in [0.29, 0.717) is 18.3 Å². The maximum absolute atomic E-state index is 12.2. The van der Waals surface area contributed by atoms with Gasteiger partial charge in [0.1, 0.15) is 0 Å². The molecule has 0 aliphatic heterocycles. The average molecular weight is 360 g/mol. The van der Waals surface area contributed by atoms with E-state index < -0.39 is 0 Å². The lowest BCUT2D eigenvalue weighted by molar-refractivity contribution is -0.157. The minimum Gasteiger partial charge on any atom is -0.472 e. The van der Waals surface area contributed by atoms with Gasteiger partial charge in [0.15, 0.2) is 0 Å². The normalized spacial score (nSPS) is 34.5. The summed E-state index contributed by atoms with van der Waals surface area (Å²) in [5.41, 5.74) is 1.94. The smallest absolute Gasteiger partial charge is 0.333 e. The van der Waals surface area contributed by atoms with E-state index in [1.807, 2.05) is 13.4 Å². The Bertz CT molecular complexity index is 647. The van der Waals surface area contributed by atoms with Crippen molar-refractivity contribution >= 4 is 5.97 Å². The standard InChI is InChI=1S/C22H32O4/c1-16-8-12-22(25-4)14-18(20(23)24-3)6-5-7-19(22)21(16,2)11-9-17-10-13-26-15-17/h6,10,13,15-16,19H,5,7-9,11-12,14H2,1-4H3/t16-,19-,21+,22-/m1/s1. The van der Waals surface area contributed by atoms with Crippen molar-refractivity contribution in [2.45, 2.75) is 64.4 Å². The Labute approximate surface area is 156 Å². The molecule has 4 atom stereocenters. The molecule has 1 aromatic heterocycles. The third-order valence-electron chi connectivity index (χ3n) is 7.28. The van der Waals surface area contributed by atoms with Crippen molar-refractivity contribution in [2.24, 2.45) is 17.3 Å². The van der Waals surface area contributed by atoms with Gasteiger partial charge in [0.25, 0.3) is 0 Å². The zero-order valence-corrected chi connectivity index (χ0v) is 16.5. The van der Waals surface area contributed by atoms with Crippen LogP contribution in [0.4, 0.5) is 0 Å². The molecule has 144 valence electrons. The van der Waals surface area contributed by atoms with E-state index in [-0.39, 0.29) is 17.0 Å². The molecular formula is C22H32O4. The molecule has 4 nitrogen and oxygen atoms in total. The highest BCUT2D eigenvalue weighted by molar-refractivity contribution is 5.88. The molecule has 1 aromatic rings. The molecular weight excluding hydrogens is 328 g/mol. The predicted molar refractivity (Wildman–Crippen MR) is 101 cm³/mol. The highest BCUT2D eigenvalue weighted by atomic mass is 16.5. The van der Waals surface area contributed by atoms with Gasteiger partial charge in [-0.1, -0.05) is 19.9 Å². The number of furan rings is 1. The van der Waals surface area contributed by atoms with E-state index in [2.05, 4.69) is 26.0 Å². The Kier molecular flexibility index (Phi) is 5.61. The van der Waals surface area contributed by atoms with Crippen LogP contribution in [0.3, 0.4) is 0 Å². The van der Waals surface area contributed by atoms with Crippen LogP contribution in [-0.4, -0.2) is 25.8 Å². The van der Waals surface area contributed by atoms with Crippen molar-refractivity contribution in [1.82, 2.24) is 0 Å². The number of ether oxygens (including phenoxy) is 2. The van der Waals surface area contributed by atoms with Gasteiger partial charge in [0, 0.05) is 19.1 Å². The maximum atomic E-state index is 12.2. The third kappa shape index (κ3) is 3.36. The fraction of sp³-hybridized carbons (Fsp3) is 0.682. The SMILES string of the molecule is COC(=O)C1=CCC[C@H]2[C@@](OC)(CC[C@@H](C)[C@]2(C)CCc2ccoc2)C1. The molecule has 0 spiro atoms. The Morgan fingerprint density at radius 1 is 1.35 bits per heavy atom. The van der Waals surface area contributed by atoms with Crippen molar-refractivity contribution in [1.29, 1.82) is 0 Å². The summed E-state index contributed by atoms with van der Waals surface area (Å²) in [7, 11) is 3.28. The topological polar surface area (TPSA) is 48.7 Å². The van der Waals surface area contributed by atoms with E-state index >= 15 is 0 Å². The molecule has 0 N–H and O–H groups in total. The van der Waals surface area contributed by atoms with Crippen LogP contribution < -0.4 is 0 Å². The van der Waals surface area contributed by atoms with E-state index in [1.165, 1.54) is 12.7 Å². The maximum Gasteiger partial charge on any atom is 0.333 e. The monoisotopic (exact) mass is 360 g/mol. The quantitative estimate of drug-likeness (QED) is 0.698. The number of allylic oxidation sites excluding steroid dienone is 1. The summed E-state index contributed by atoms with van der Waals surface area (Å²) in [6, 6.07) is 2.06. The number of hydrogen-bond donors (Lipinski definition) is 0. The summed E-state index contributed by atoms with van der Waals surface area (Å²) in [5.74, 6) is 0.845. The van der Waals surface area contributed by atoms with Gasteiger partial charge in [-0.2, -0.15) is 0 Å². The number of hydrogen-bond acceptors (Lipinski definition) is 4. The summed E-state index contributed by atoms with van der Waals surface area (Å²) in [4.78, 5) is 12.2. The van der Waals surface area contributed by atoms with Crippen LogP contribution in [-0.2, 0) is 20.7 Å². The first kappa shape index (κ1) is 19.2. The van der Waals surface area contributed by atoms with E-state index in [4.69, 9.17) is 13.9 Å². The molecule has 3 rings (SSSR count). The molecule has 0 aromatic carbocycles. The van der Waals surface area contributed by atoms with Crippen LogP contribution in [0.2, 0.25) is 0 Å². The first-order valence-electron chi connectivity index (χ1n) is 9.79. The molecule has 0 amide bonds. The number of rotatable bonds is 5. The fourth-order valence-corrected chi connectivity index (χ4v) is 5.40. The van der Waals surface area contributed by atoms with Crippen molar-refractivity contribution in [2.75, 3.05) is 14.2 Å². The minimum atomic E-state index is -0.270. The van der Waals surface area contributed by atoms with Gasteiger partial charge >= 0.3 is 5.97 Å². The van der Waals surface area contributed by atoms with Crippen LogP contribution in [0.25, 0.3) is 0 Å². The highest BCUT2D eigenvalue weighted by Crippen LogP contribution is 2.57. The van der Waals surface area contributed by atoms with Crippen molar-refractivity contribution in [3.05, 3.63) is 35.8 Å². The number of carbonyl (C=O) groups excluding carboxylic acids is 1. The third-order valence-corrected chi connectivity index (χ3v) is 7.28. The second-order valence-corrected chi connectivity index (χ2v) is 8.37. The number of fused-ring (bicyclic) bond motifs is 1. The number of methoxy groups -OCH3 is 2. The van der Waals surface area contributed by atoms with E-state index in [0.717, 1.165) is 44.1 Å². The molecule has 1 saturated carbocycles. The zero-order chi connectivity index (χ0) is 18.8. The van der Waals surface area contributed by atoms with Gasteiger partial charge < -0.3 is 13.9 Å². The number of carbonyl (C=O) groups is 1. The first-order valence-corrected chi connectivity index (χ1v) is 9.79. The van der Waals surface area contributed by atoms with Crippen LogP contribution in [0.1, 0.15) is 57.9 Å². The number of aryl methyl sites for hydroxylation is 1. The van der Waals surface area contributed by atoms with Gasteiger partial charge in [0.2, 0.25) is 0 Å². The lowest BCUT2D eigenvalue weighted by Crippen LogP contribution is -2.54. The summed E-state index contributed by atoms with van der Waals surface area (Å²) in [6.45, 7) is 4.81. The first-order chi connectivity index (χ1) is 12.4. The Morgan fingerprint density at radius 3 is 2.81 bits per heavy atom. The molecule has 1 fully saturated rings. The number of esters is 1. The second-order valence-electron chi connectivity index (χ2n) is 8.37. The highest BCUT2D eigenvalue weighted by Gasteiger charge is 2.55. The Hall–Kier alpha value is -1.55. The van der Waals surface area contributed by atoms with Gasteiger partial charge in [0.05, 0.1) is 25.2 Å². The fourth-order valence-electron chi connectivity index (χ4n) is 5.40. The lowest BCUT2D eigenvalue weighted by Gasteiger charge is -2.56. The Balaban J connectivity index is 1.88. The molecule has 0 radical (unpaired) electrons. The molecule has 4 heteroatoms. The molecule has 1 heterocycles. The molecule has 0 saturated heterocycles. The minimum absolute atomic E-state index is 0.172. The van der Waals surface area contributed by atoms with Crippen LogP contribution in [0.15, 0.2) is 34.7 Å². The molecule has 0 unspecified atom stereocenters. The van der Waals surface area contributed by atoms with Crippen LogP contribution in [0.5, 0.6) is 0 Å². The zero-order valence-electron chi connectivity index (χ0n) is 16.5. The van der Waals surface area contributed by atoms with Crippen LogP contribution >= 0.6 is 0 Å². The molecule has 2 aliphatic carbocycles. The Morgan fingerprint density at radius 2 is 2.15 bits per heavy atom. The summed E-state index contributed by atoms with van der Waals surface area (Å²) >= 11 is 0. The van der Waals surface area contributed by atoms with Crippen molar-refractivity contribution < 1.29 is 18.7 Å². The lowest BCUT2D eigenvalue weighted by atomic mass is 9.52. The van der Waals surface area contributed by atoms with Crippen molar-refractivity contribution in [3.63, 3.8) is 0 Å². The summed E-state index contributed by atoms with van der Waals surface area (Å²) < 4.78 is 16.5. The van der Waals surface area contributed by atoms with Gasteiger partial charge in [-0.05, 0) is 67.4 Å². The molecule has 0 bridgehead atoms.